The molecule has 1 aromatic carbocycles. The second kappa shape index (κ2) is 5.23. The van der Waals surface area contributed by atoms with Crippen LogP contribution in [0, 0.1) is 5.82 Å². The predicted octanol–water partition coefficient (Wildman–Crippen LogP) is 2.33. The van der Waals surface area contributed by atoms with Crippen molar-refractivity contribution in [3.63, 3.8) is 0 Å². The van der Waals surface area contributed by atoms with E-state index in [9.17, 15) is 9.50 Å². The smallest absolute Gasteiger partial charge is 0.123 e. The number of hydrogen-bond acceptors (Lipinski definition) is 3. The molecule has 0 bridgehead atoms. The molecular weight excluding hydrogens is 243 g/mol. The van der Waals surface area contributed by atoms with Gasteiger partial charge < -0.3 is 5.11 Å². The van der Waals surface area contributed by atoms with Crippen LogP contribution in [0.25, 0.3) is 10.9 Å². The molecule has 1 N–H and O–H groups in total. The number of pyridine rings is 1. The molecule has 0 aliphatic carbocycles. The van der Waals surface area contributed by atoms with E-state index in [2.05, 4.69) is 9.88 Å². The van der Waals surface area contributed by atoms with E-state index in [4.69, 9.17) is 0 Å². The van der Waals surface area contributed by atoms with E-state index < -0.39 is 0 Å². The first kappa shape index (κ1) is 12.5. The van der Waals surface area contributed by atoms with Crippen molar-refractivity contribution < 1.29 is 9.50 Å². The lowest BCUT2D eigenvalue weighted by atomic mass is 10.2. The van der Waals surface area contributed by atoms with Gasteiger partial charge in [0, 0.05) is 18.0 Å². The lowest BCUT2D eigenvalue weighted by Gasteiger charge is -2.22. The summed E-state index contributed by atoms with van der Waals surface area (Å²) in [5, 5.41) is 10.1. The largest absolute Gasteiger partial charge is 0.395 e. The maximum Gasteiger partial charge on any atom is 0.123 e. The van der Waals surface area contributed by atoms with E-state index in [0.29, 0.717) is 0 Å². The minimum absolute atomic E-state index is 0.207. The fraction of sp³-hybridized carbons (Fsp3) is 0.400. The Morgan fingerprint density at radius 3 is 3.05 bits per heavy atom. The molecule has 3 nitrogen and oxygen atoms in total. The van der Waals surface area contributed by atoms with Gasteiger partial charge in [0.25, 0.3) is 0 Å². The van der Waals surface area contributed by atoms with Crippen molar-refractivity contribution in [3.8, 4) is 0 Å². The molecule has 1 aliphatic heterocycles. The third kappa shape index (κ3) is 2.60. The Labute approximate surface area is 111 Å². The number of hydrogen-bond donors (Lipinski definition) is 1. The van der Waals surface area contributed by atoms with Crippen LogP contribution in [0.5, 0.6) is 0 Å². The van der Waals surface area contributed by atoms with Crippen molar-refractivity contribution >= 4 is 10.9 Å². The maximum absolute atomic E-state index is 13.1. The summed E-state index contributed by atoms with van der Waals surface area (Å²) in [4.78, 5) is 6.82. The van der Waals surface area contributed by atoms with Gasteiger partial charge in [-0.2, -0.15) is 0 Å². The minimum Gasteiger partial charge on any atom is -0.395 e. The highest BCUT2D eigenvalue weighted by Crippen LogP contribution is 2.20. The highest BCUT2D eigenvalue weighted by Gasteiger charge is 2.23. The zero-order chi connectivity index (χ0) is 13.2. The molecule has 0 radical (unpaired) electrons. The molecule has 0 saturated carbocycles. The van der Waals surface area contributed by atoms with E-state index in [-0.39, 0.29) is 18.5 Å². The molecule has 1 unspecified atom stereocenters. The molecule has 1 saturated heterocycles. The average molecular weight is 260 g/mol. The summed E-state index contributed by atoms with van der Waals surface area (Å²) >= 11 is 0. The zero-order valence-corrected chi connectivity index (χ0v) is 10.7. The monoisotopic (exact) mass is 260 g/mol. The first-order valence-electron chi connectivity index (χ1n) is 6.66. The second-order valence-corrected chi connectivity index (χ2v) is 5.09. The molecule has 19 heavy (non-hydrogen) atoms. The molecule has 0 spiro atoms. The van der Waals surface area contributed by atoms with Gasteiger partial charge in [-0.1, -0.05) is 6.07 Å². The first-order valence-corrected chi connectivity index (χ1v) is 6.66. The third-order valence-corrected chi connectivity index (χ3v) is 3.78. The summed E-state index contributed by atoms with van der Waals surface area (Å²) in [5.41, 5.74) is 1.79. The first-order chi connectivity index (χ1) is 9.26. The molecule has 2 aromatic rings. The molecule has 2 heterocycles. The summed E-state index contributed by atoms with van der Waals surface area (Å²) in [6.07, 6.45) is 2.18. The van der Waals surface area contributed by atoms with Crippen molar-refractivity contribution in [1.29, 1.82) is 0 Å². The molecular formula is C15H17FN2O. The Balaban J connectivity index is 1.83. The molecule has 100 valence electrons. The van der Waals surface area contributed by atoms with Crippen molar-refractivity contribution in [2.75, 3.05) is 13.2 Å². The van der Waals surface area contributed by atoms with Crippen LogP contribution in [-0.4, -0.2) is 34.2 Å². The highest BCUT2D eigenvalue weighted by molar-refractivity contribution is 5.78. The molecule has 4 heteroatoms. The summed E-state index contributed by atoms with van der Waals surface area (Å²) < 4.78 is 13.1. The molecule has 1 aliphatic rings. The van der Waals surface area contributed by atoms with Crippen LogP contribution in [0.15, 0.2) is 30.3 Å². The average Bonchev–Trinajstić information content (AvgIpc) is 2.86. The van der Waals surface area contributed by atoms with Gasteiger partial charge in [0.2, 0.25) is 0 Å². The van der Waals surface area contributed by atoms with Gasteiger partial charge in [-0.3, -0.25) is 9.88 Å². The number of nitrogens with zero attached hydrogens (tertiary/aromatic N) is 2. The van der Waals surface area contributed by atoms with Gasteiger partial charge in [0.05, 0.1) is 17.8 Å². The Morgan fingerprint density at radius 1 is 1.32 bits per heavy atom. The van der Waals surface area contributed by atoms with Crippen molar-refractivity contribution in [2.45, 2.75) is 25.4 Å². The quantitative estimate of drug-likeness (QED) is 0.920. The Bertz CT molecular complexity index is 587. The van der Waals surface area contributed by atoms with E-state index in [1.165, 1.54) is 12.1 Å². The van der Waals surface area contributed by atoms with Crippen molar-refractivity contribution in [1.82, 2.24) is 9.88 Å². The zero-order valence-electron chi connectivity index (χ0n) is 10.7. The maximum atomic E-state index is 13.1. The van der Waals surface area contributed by atoms with Crippen molar-refractivity contribution in [2.24, 2.45) is 0 Å². The van der Waals surface area contributed by atoms with E-state index >= 15 is 0 Å². The third-order valence-electron chi connectivity index (χ3n) is 3.78. The number of rotatable bonds is 3. The van der Waals surface area contributed by atoms with Gasteiger partial charge >= 0.3 is 0 Å². The van der Waals surface area contributed by atoms with E-state index in [1.54, 1.807) is 6.07 Å². The van der Waals surface area contributed by atoms with Crippen molar-refractivity contribution in [3.05, 3.63) is 41.8 Å². The van der Waals surface area contributed by atoms with Crippen LogP contribution >= 0.6 is 0 Å². The van der Waals surface area contributed by atoms with Crippen LogP contribution in [0.1, 0.15) is 18.5 Å². The molecule has 1 atom stereocenters. The summed E-state index contributed by atoms with van der Waals surface area (Å²) in [5.74, 6) is -0.234. The van der Waals surface area contributed by atoms with E-state index in [0.717, 1.165) is 42.5 Å². The number of aliphatic hydroxyl groups is 1. The second-order valence-electron chi connectivity index (χ2n) is 5.09. The SMILES string of the molecule is OCC1CCCN1Cc1ccc2cc(F)ccc2n1. The lowest BCUT2D eigenvalue weighted by molar-refractivity contribution is 0.152. The Kier molecular flexibility index (Phi) is 3.44. The highest BCUT2D eigenvalue weighted by atomic mass is 19.1. The van der Waals surface area contributed by atoms with Gasteiger partial charge in [-0.15, -0.1) is 0 Å². The summed E-state index contributed by atoms with van der Waals surface area (Å²) in [6.45, 7) is 1.96. The van der Waals surface area contributed by atoms with Crippen LogP contribution in [0.3, 0.4) is 0 Å². The number of benzene rings is 1. The van der Waals surface area contributed by atoms with Gasteiger partial charge in [-0.25, -0.2) is 4.39 Å². The van der Waals surface area contributed by atoms with Gasteiger partial charge in [0.1, 0.15) is 5.82 Å². The normalized spacial score (nSPS) is 20.2. The number of halogens is 1. The molecule has 1 fully saturated rings. The van der Waals surface area contributed by atoms with Crippen LogP contribution in [0.2, 0.25) is 0 Å². The topological polar surface area (TPSA) is 36.4 Å². The summed E-state index contributed by atoms with van der Waals surface area (Å²) in [6, 6.07) is 8.75. The lowest BCUT2D eigenvalue weighted by Crippen LogP contribution is -2.31. The van der Waals surface area contributed by atoms with Crippen LogP contribution in [-0.2, 0) is 6.54 Å². The van der Waals surface area contributed by atoms with Crippen LogP contribution in [0.4, 0.5) is 4.39 Å². The summed E-state index contributed by atoms with van der Waals surface area (Å²) in [7, 11) is 0. The van der Waals surface area contributed by atoms with E-state index in [1.807, 2.05) is 12.1 Å². The minimum atomic E-state index is -0.234. The Hall–Kier alpha value is -1.52. The number of aromatic nitrogens is 1. The number of aliphatic hydroxyl groups excluding tert-OH is 1. The fourth-order valence-electron chi connectivity index (χ4n) is 2.74. The molecule has 3 rings (SSSR count). The molecule has 0 amide bonds. The number of likely N-dealkylation sites (tertiary alicyclic amines) is 1. The number of fused-ring (bicyclic) bond motifs is 1. The van der Waals surface area contributed by atoms with Gasteiger partial charge in [0.15, 0.2) is 0 Å². The predicted molar refractivity (Wildman–Crippen MR) is 72.2 cm³/mol. The Morgan fingerprint density at radius 2 is 2.21 bits per heavy atom. The van der Waals surface area contributed by atoms with Gasteiger partial charge in [-0.05, 0) is 43.7 Å². The standard InChI is InChI=1S/C15H17FN2O/c16-12-4-6-15-11(8-12)3-5-13(17-15)9-18-7-1-2-14(18)10-19/h3-6,8,14,19H,1-2,7,9-10H2. The molecule has 1 aromatic heterocycles. The van der Waals surface area contributed by atoms with Crippen LogP contribution < -0.4 is 0 Å². The fourth-order valence-corrected chi connectivity index (χ4v) is 2.74.